The monoisotopic (exact) mass is 294 g/mol. The number of anilines is 1. The fourth-order valence-corrected chi connectivity index (χ4v) is 1.78. The van der Waals surface area contributed by atoms with Crippen LogP contribution in [-0.4, -0.2) is 17.5 Å². The second kappa shape index (κ2) is 9.31. The summed E-state index contributed by atoms with van der Waals surface area (Å²) in [6, 6.07) is 7.17. The second-order valence-electron chi connectivity index (χ2n) is 4.64. The Kier molecular flexibility index (Phi) is 7.65. The van der Waals surface area contributed by atoms with Crippen LogP contribution < -0.4 is 15.8 Å². The van der Waals surface area contributed by atoms with E-state index in [9.17, 15) is 4.79 Å². The number of hydrogen-bond donors (Lipinski definition) is 2. The first-order chi connectivity index (χ1) is 9.61. The maximum absolute atomic E-state index is 11.7. The van der Waals surface area contributed by atoms with Gasteiger partial charge in [0.05, 0.1) is 0 Å². The Morgan fingerprint density at radius 2 is 1.95 bits per heavy atom. The Labute approximate surface area is 125 Å². The summed E-state index contributed by atoms with van der Waals surface area (Å²) >= 11 is 4.73. The Balaban J connectivity index is 2.33. The van der Waals surface area contributed by atoms with Crippen molar-refractivity contribution in [2.75, 3.05) is 11.9 Å². The van der Waals surface area contributed by atoms with Crippen molar-refractivity contribution in [3.8, 4) is 5.75 Å². The van der Waals surface area contributed by atoms with Crippen LogP contribution in [-0.2, 0) is 4.79 Å². The predicted molar refractivity (Wildman–Crippen MR) is 86.1 cm³/mol. The summed E-state index contributed by atoms with van der Waals surface area (Å²) in [6.07, 6.45) is 4.97. The molecule has 0 radical (unpaired) electrons. The molecule has 0 unspecified atom stereocenters. The number of benzene rings is 1. The van der Waals surface area contributed by atoms with Crippen molar-refractivity contribution in [3.05, 3.63) is 24.3 Å². The molecule has 0 aliphatic heterocycles. The van der Waals surface area contributed by atoms with Crippen molar-refractivity contribution in [1.82, 2.24) is 0 Å². The number of amides is 1. The normalized spacial score (nSPS) is 10.1. The maximum Gasteiger partial charge on any atom is 0.224 e. The fourth-order valence-electron chi connectivity index (χ4n) is 1.72. The lowest BCUT2D eigenvalue weighted by molar-refractivity contribution is -0.116. The summed E-state index contributed by atoms with van der Waals surface area (Å²) in [4.78, 5) is 12.0. The summed E-state index contributed by atoms with van der Waals surface area (Å²) < 4.78 is 5.34. The Morgan fingerprint density at radius 1 is 1.25 bits per heavy atom. The number of nitrogens with two attached hydrogens (primary N) is 1. The van der Waals surface area contributed by atoms with E-state index in [2.05, 4.69) is 12.2 Å². The minimum atomic E-state index is 0.0536. The molecule has 0 heterocycles. The van der Waals surface area contributed by atoms with Gasteiger partial charge < -0.3 is 15.8 Å². The van der Waals surface area contributed by atoms with Crippen LogP contribution in [0.25, 0.3) is 0 Å². The highest BCUT2D eigenvalue weighted by Crippen LogP contribution is 2.16. The Morgan fingerprint density at radius 3 is 2.55 bits per heavy atom. The number of carbonyl (C=O) groups excluding carboxylic acids is 1. The van der Waals surface area contributed by atoms with Crippen LogP contribution in [0.5, 0.6) is 5.75 Å². The van der Waals surface area contributed by atoms with Gasteiger partial charge in [-0.05, 0) is 30.7 Å². The molecule has 0 aliphatic rings. The number of nitrogens with one attached hydrogen (secondary N) is 1. The van der Waals surface area contributed by atoms with Gasteiger partial charge in [-0.25, -0.2) is 0 Å². The van der Waals surface area contributed by atoms with Crippen molar-refractivity contribution in [1.29, 1.82) is 0 Å². The molecule has 0 aliphatic carbocycles. The van der Waals surface area contributed by atoms with Gasteiger partial charge in [-0.3, -0.25) is 4.79 Å². The van der Waals surface area contributed by atoms with Crippen LogP contribution >= 0.6 is 12.2 Å². The number of carbonyl (C=O) groups is 1. The largest absolute Gasteiger partial charge is 0.487 e. The fraction of sp³-hybridized carbons (Fsp3) is 0.467. The van der Waals surface area contributed by atoms with Gasteiger partial charge in [-0.15, -0.1) is 0 Å². The molecule has 0 bridgehead atoms. The maximum atomic E-state index is 11.7. The molecule has 1 aromatic rings. The number of unbranched alkanes of at least 4 members (excludes halogenated alkanes) is 3. The molecule has 0 aromatic heterocycles. The molecule has 0 atom stereocenters. The van der Waals surface area contributed by atoms with Crippen LogP contribution in [0.15, 0.2) is 24.3 Å². The van der Waals surface area contributed by atoms with Gasteiger partial charge in [0.25, 0.3) is 0 Å². The minimum Gasteiger partial charge on any atom is -0.487 e. The first kappa shape index (κ1) is 16.4. The molecule has 0 saturated carbocycles. The van der Waals surface area contributed by atoms with Crippen molar-refractivity contribution in [3.63, 3.8) is 0 Å². The lowest BCUT2D eigenvalue weighted by atomic mass is 10.1. The highest BCUT2D eigenvalue weighted by molar-refractivity contribution is 7.80. The third-order valence-corrected chi connectivity index (χ3v) is 2.89. The highest BCUT2D eigenvalue weighted by Gasteiger charge is 2.02. The second-order valence-corrected chi connectivity index (χ2v) is 5.16. The van der Waals surface area contributed by atoms with Gasteiger partial charge in [-0.2, -0.15) is 0 Å². The molecule has 4 nitrogen and oxygen atoms in total. The van der Waals surface area contributed by atoms with Gasteiger partial charge in [-0.1, -0.05) is 38.4 Å². The zero-order valence-corrected chi connectivity index (χ0v) is 12.7. The van der Waals surface area contributed by atoms with E-state index in [0.717, 1.165) is 18.5 Å². The number of rotatable bonds is 9. The topological polar surface area (TPSA) is 64.3 Å². The molecule has 3 N–H and O–H groups in total. The molecule has 1 amide bonds. The number of ether oxygens (including phenoxy) is 1. The standard InChI is InChI=1S/C15H22N2O2S/c1-2-3-4-5-6-15(18)17-12-7-9-13(10-8-12)19-11-14(16)20/h7-10H,2-6,11H2,1H3,(H2,16,20)(H,17,18). The van der Waals surface area contributed by atoms with Gasteiger partial charge in [0.15, 0.2) is 0 Å². The van der Waals surface area contributed by atoms with E-state index in [0.29, 0.717) is 17.2 Å². The molecule has 110 valence electrons. The summed E-state index contributed by atoms with van der Waals surface area (Å²) in [5.74, 6) is 0.733. The Bertz CT molecular complexity index is 432. The molecule has 20 heavy (non-hydrogen) atoms. The first-order valence-corrected chi connectivity index (χ1v) is 7.33. The van der Waals surface area contributed by atoms with E-state index in [1.54, 1.807) is 24.3 Å². The lowest BCUT2D eigenvalue weighted by Crippen LogP contribution is -2.17. The SMILES string of the molecule is CCCCCCC(=O)Nc1ccc(OCC(N)=S)cc1. The van der Waals surface area contributed by atoms with Crippen LogP contribution in [0.2, 0.25) is 0 Å². The van der Waals surface area contributed by atoms with Crippen LogP contribution in [0.4, 0.5) is 5.69 Å². The summed E-state index contributed by atoms with van der Waals surface area (Å²) in [6.45, 7) is 2.37. The average molecular weight is 294 g/mol. The highest BCUT2D eigenvalue weighted by atomic mass is 32.1. The first-order valence-electron chi connectivity index (χ1n) is 6.93. The van der Waals surface area contributed by atoms with E-state index in [1.165, 1.54) is 12.8 Å². The average Bonchev–Trinajstić information content (AvgIpc) is 2.43. The minimum absolute atomic E-state index is 0.0536. The number of thiocarbonyl (C=S) groups is 1. The van der Waals surface area contributed by atoms with E-state index in [1.807, 2.05) is 0 Å². The molecule has 0 fully saturated rings. The predicted octanol–water partition coefficient (Wildman–Crippen LogP) is 3.26. The van der Waals surface area contributed by atoms with E-state index < -0.39 is 0 Å². The van der Waals surface area contributed by atoms with Crippen molar-refractivity contribution < 1.29 is 9.53 Å². The molecule has 0 saturated heterocycles. The van der Waals surface area contributed by atoms with Crippen LogP contribution in [0, 0.1) is 0 Å². The van der Waals surface area contributed by atoms with Crippen molar-refractivity contribution in [2.24, 2.45) is 5.73 Å². The molecular formula is C15H22N2O2S. The molecule has 1 rings (SSSR count). The molecule has 5 heteroatoms. The number of hydrogen-bond acceptors (Lipinski definition) is 3. The van der Waals surface area contributed by atoms with E-state index in [-0.39, 0.29) is 12.5 Å². The third-order valence-electron chi connectivity index (χ3n) is 2.78. The molecule has 0 spiro atoms. The smallest absolute Gasteiger partial charge is 0.224 e. The quantitative estimate of drug-likeness (QED) is 0.542. The van der Waals surface area contributed by atoms with E-state index >= 15 is 0 Å². The van der Waals surface area contributed by atoms with Gasteiger partial charge in [0, 0.05) is 12.1 Å². The van der Waals surface area contributed by atoms with Crippen molar-refractivity contribution >= 4 is 28.8 Å². The summed E-state index contributed by atoms with van der Waals surface area (Å²) in [5, 5.41) is 2.87. The summed E-state index contributed by atoms with van der Waals surface area (Å²) in [5.41, 5.74) is 6.12. The van der Waals surface area contributed by atoms with Gasteiger partial charge in [0.2, 0.25) is 5.91 Å². The third kappa shape index (κ3) is 7.09. The van der Waals surface area contributed by atoms with Crippen molar-refractivity contribution in [2.45, 2.75) is 39.0 Å². The zero-order valence-electron chi connectivity index (χ0n) is 11.9. The van der Waals surface area contributed by atoms with E-state index in [4.69, 9.17) is 22.7 Å². The van der Waals surface area contributed by atoms with Crippen LogP contribution in [0.1, 0.15) is 39.0 Å². The van der Waals surface area contributed by atoms with Gasteiger partial charge >= 0.3 is 0 Å². The van der Waals surface area contributed by atoms with Gasteiger partial charge in [0.1, 0.15) is 17.3 Å². The van der Waals surface area contributed by atoms with Crippen LogP contribution in [0.3, 0.4) is 0 Å². The zero-order chi connectivity index (χ0) is 14.8. The lowest BCUT2D eigenvalue weighted by Gasteiger charge is -2.07. The molecule has 1 aromatic carbocycles. The molecular weight excluding hydrogens is 272 g/mol. The Hall–Kier alpha value is -1.62. The summed E-state index contributed by atoms with van der Waals surface area (Å²) in [7, 11) is 0.